The van der Waals surface area contributed by atoms with Crippen molar-refractivity contribution in [3.05, 3.63) is 23.3 Å². The van der Waals surface area contributed by atoms with Gasteiger partial charge >= 0.3 is 0 Å². The van der Waals surface area contributed by atoms with Crippen LogP contribution >= 0.6 is 11.8 Å². The first-order valence-electron chi connectivity index (χ1n) is 7.96. The molecule has 1 unspecified atom stereocenters. The van der Waals surface area contributed by atoms with Crippen LogP contribution < -0.4 is 14.8 Å². The van der Waals surface area contributed by atoms with Crippen molar-refractivity contribution in [2.24, 2.45) is 5.92 Å². The number of hydrogen-bond donors (Lipinski definition) is 1. The second-order valence-electron chi connectivity index (χ2n) is 6.32. The molecule has 2 atom stereocenters. The van der Waals surface area contributed by atoms with Crippen LogP contribution in [0.25, 0.3) is 0 Å². The molecule has 0 spiro atoms. The van der Waals surface area contributed by atoms with Gasteiger partial charge in [0.2, 0.25) is 5.91 Å². The number of hydrogen-bond acceptors (Lipinski definition) is 5. The van der Waals surface area contributed by atoms with E-state index >= 15 is 0 Å². The van der Waals surface area contributed by atoms with Gasteiger partial charge in [0.15, 0.2) is 11.5 Å². The topological polar surface area (TPSA) is 67.9 Å². The highest BCUT2D eigenvalue weighted by Gasteiger charge is 2.50. The highest BCUT2D eigenvalue weighted by atomic mass is 32.2. The Bertz CT molecular complexity index is 677. The molecule has 0 radical (unpaired) electrons. The van der Waals surface area contributed by atoms with Crippen molar-refractivity contribution in [2.75, 3.05) is 26.5 Å². The van der Waals surface area contributed by atoms with E-state index in [1.807, 2.05) is 19.9 Å². The summed E-state index contributed by atoms with van der Waals surface area (Å²) >= 11 is 1.61. The van der Waals surface area contributed by atoms with E-state index in [1.54, 1.807) is 29.8 Å². The first-order valence-corrected chi connectivity index (χ1v) is 9.01. The number of nitrogens with zero attached hydrogens (tertiary/aromatic N) is 1. The minimum atomic E-state index is -0.450. The van der Waals surface area contributed by atoms with E-state index in [4.69, 9.17) is 9.47 Å². The van der Waals surface area contributed by atoms with Crippen molar-refractivity contribution >= 4 is 23.6 Å². The van der Waals surface area contributed by atoms with Crippen molar-refractivity contribution in [3.63, 3.8) is 0 Å². The zero-order valence-corrected chi connectivity index (χ0v) is 15.1. The van der Waals surface area contributed by atoms with Gasteiger partial charge in [0.05, 0.1) is 19.8 Å². The lowest BCUT2D eigenvalue weighted by Gasteiger charge is -2.23. The normalized spacial score (nSPS) is 21.7. The lowest BCUT2D eigenvalue weighted by Crippen LogP contribution is -2.46. The summed E-state index contributed by atoms with van der Waals surface area (Å²) in [5, 5.41) is 2.80. The van der Waals surface area contributed by atoms with Crippen molar-refractivity contribution < 1.29 is 19.1 Å². The highest BCUT2D eigenvalue weighted by molar-refractivity contribution is 7.99. The van der Waals surface area contributed by atoms with Crippen molar-refractivity contribution in [3.8, 4) is 11.5 Å². The molecule has 0 saturated carbocycles. The highest BCUT2D eigenvalue weighted by Crippen LogP contribution is 2.52. The zero-order valence-electron chi connectivity index (χ0n) is 14.3. The van der Waals surface area contributed by atoms with Gasteiger partial charge in [-0.3, -0.25) is 9.59 Å². The summed E-state index contributed by atoms with van der Waals surface area (Å²) in [4.78, 5) is 27.1. The Morgan fingerprint density at radius 1 is 1.38 bits per heavy atom. The van der Waals surface area contributed by atoms with Crippen LogP contribution in [0, 0.1) is 5.92 Å². The summed E-state index contributed by atoms with van der Waals surface area (Å²) in [5.41, 5.74) is 1.40. The van der Waals surface area contributed by atoms with E-state index in [0.717, 1.165) is 5.56 Å². The molecule has 2 amide bonds. The van der Waals surface area contributed by atoms with Crippen LogP contribution in [0.5, 0.6) is 11.5 Å². The van der Waals surface area contributed by atoms with Gasteiger partial charge in [-0.25, -0.2) is 0 Å². The molecular weight excluding hydrogens is 328 g/mol. The molecule has 1 N–H and O–H groups in total. The monoisotopic (exact) mass is 350 g/mol. The van der Waals surface area contributed by atoms with Crippen LogP contribution in [-0.2, 0) is 4.79 Å². The number of thioether (sulfide) groups is 1. The molecular formula is C17H22N2O4S. The van der Waals surface area contributed by atoms with E-state index in [9.17, 15) is 9.59 Å². The molecule has 24 heavy (non-hydrogen) atoms. The molecule has 1 fully saturated rings. The smallest absolute Gasteiger partial charge is 0.260 e. The molecule has 1 saturated heterocycles. The van der Waals surface area contributed by atoms with E-state index < -0.39 is 6.04 Å². The fourth-order valence-corrected chi connectivity index (χ4v) is 4.57. The second kappa shape index (κ2) is 6.55. The lowest BCUT2D eigenvalue weighted by atomic mass is 10.1. The Kier molecular flexibility index (Phi) is 4.62. The molecule has 2 aliphatic heterocycles. The largest absolute Gasteiger partial charge is 0.493 e. The number of rotatable bonds is 5. The van der Waals surface area contributed by atoms with Gasteiger partial charge in [-0.1, -0.05) is 19.9 Å². The molecule has 0 aromatic heterocycles. The average Bonchev–Trinajstić information content (AvgIpc) is 3.12. The quantitative estimate of drug-likeness (QED) is 0.880. The number of nitrogens with one attached hydrogen (secondary N) is 1. The number of fused-ring (bicyclic) bond motifs is 3. The third-order valence-corrected chi connectivity index (χ3v) is 5.58. The Balaban J connectivity index is 1.91. The number of carbonyl (C=O) groups excluding carboxylic acids is 2. The van der Waals surface area contributed by atoms with Crippen molar-refractivity contribution in [1.29, 1.82) is 0 Å². The zero-order chi connectivity index (χ0) is 17.4. The molecule has 0 aliphatic carbocycles. The number of carbonyl (C=O) groups is 2. The number of benzene rings is 1. The Morgan fingerprint density at radius 3 is 2.75 bits per heavy atom. The van der Waals surface area contributed by atoms with Crippen LogP contribution in [0.2, 0.25) is 0 Å². The van der Waals surface area contributed by atoms with Crippen molar-refractivity contribution in [1.82, 2.24) is 10.2 Å². The van der Waals surface area contributed by atoms with Crippen LogP contribution in [0.3, 0.4) is 0 Å². The third kappa shape index (κ3) is 2.60. The molecule has 3 rings (SSSR count). The predicted octanol–water partition coefficient (Wildman–Crippen LogP) is 2.05. The van der Waals surface area contributed by atoms with Gasteiger partial charge in [0.25, 0.3) is 5.91 Å². The predicted molar refractivity (Wildman–Crippen MR) is 92.6 cm³/mol. The van der Waals surface area contributed by atoms with E-state index in [-0.39, 0.29) is 17.2 Å². The van der Waals surface area contributed by atoms with Gasteiger partial charge in [-0.2, -0.15) is 0 Å². The minimum absolute atomic E-state index is 0.0919. The van der Waals surface area contributed by atoms with Gasteiger partial charge in [-0.05, 0) is 12.0 Å². The van der Waals surface area contributed by atoms with E-state index in [2.05, 4.69) is 5.32 Å². The van der Waals surface area contributed by atoms with Crippen LogP contribution in [0.15, 0.2) is 12.1 Å². The Morgan fingerprint density at radius 2 is 2.12 bits per heavy atom. The Labute approximate surface area is 145 Å². The second-order valence-corrected chi connectivity index (χ2v) is 7.43. The molecule has 130 valence electrons. The Hall–Kier alpha value is -1.89. The maximum Gasteiger partial charge on any atom is 0.260 e. The third-order valence-electron chi connectivity index (χ3n) is 4.28. The number of methoxy groups -OCH3 is 2. The van der Waals surface area contributed by atoms with Gasteiger partial charge < -0.3 is 19.7 Å². The first kappa shape index (κ1) is 17.0. The van der Waals surface area contributed by atoms with E-state index in [1.165, 1.54) is 7.11 Å². The summed E-state index contributed by atoms with van der Waals surface area (Å²) < 4.78 is 10.7. The number of amides is 2. The molecule has 2 aliphatic rings. The summed E-state index contributed by atoms with van der Waals surface area (Å²) in [7, 11) is 3.07. The SMILES string of the molecule is COc1ccc2c(c1OC)C(=O)N1C2SC[C@H]1C(=O)NCC(C)C. The molecule has 6 nitrogen and oxygen atoms in total. The van der Waals surface area contributed by atoms with Crippen molar-refractivity contribution in [2.45, 2.75) is 25.3 Å². The summed E-state index contributed by atoms with van der Waals surface area (Å²) in [6, 6.07) is 3.25. The maximum atomic E-state index is 13.0. The molecule has 1 aromatic rings. The van der Waals surface area contributed by atoms with Crippen LogP contribution in [0.4, 0.5) is 0 Å². The van der Waals surface area contributed by atoms with Crippen LogP contribution in [-0.4, -0.2) is 49.3 Å². The average molecular weight is 350 g/mol. The fourth-order valence-electron chi connectivity index (χ4n) is 3.12. The molecule has 2 heterocycles. The van der Waals surface area contributed by atoms with Crippen LogP contribution in [0.1, 0.15) is 35.1 Å². The molecule has 7 heteroatoms. The summed E-state index contributed by atoms with van der Waals surface area (Å²) in [6.45, 7) is 4.69. The molecule has 0 bridgehead atoms. The standard InChI is InChI=1S/C17H22N2O4S/c1-9(2)7-18-15(20)11-8-24-17-10-5-6-12(22-3)14(23-4)13(10)16(21)19(11)17/h5-6,9,11,17H,7-8H2,1-4H3,(H,18,20)/t11-,17?/m0/s1. The fraction of sp³-hybridized carbons (Fsp3) is 0.529. The lowest BCUT2D eigenvalue weighted by molar-refractivity contribution is -0.124. The summed E-state index contributed by atoms with van der Waals surface area (Å²) in [5.74, 6) is 1.68. The van der Waals surface area contributed by atoms with Gasteiger partial charge in [-0.15, -0.1) is 11.8 Å². The maximum absolute atomic E-state index is 13.0. The first-order chi connectivity index (χ1) is 11.5. The van der Waals surface area contributed by atoms with Gasteiger partial charge in [0, 0.05) is 17.9 Å². The van der Waals surface area contributed by atoms with E-state index in [0.29, 0.717) is 35.3 Å². The van der Waals surface area contributed by atoms with Gasteiger partial charge in [0.1, 0.15) is 11.4 Å². The number of ether oxygens (including phenoxy) is 2. The minimum Gasteiger partial charge on any atom is -0.493 e. The summed E-state index contributed by atoms with van der Waals surface area (Å²) in [6.07, 6.45) is 0. The molecule has 1 aromatic carbocycles.